The molecule has 2 aliphatic rings. The number of hydrogen-bond donors (Lipinski definition) is 2. The van der Waals surface area contributed by atoms with E-state index in [4.69, 9.17) is 0 Å². The fraction of sp³-hybridized carbons (Fsp3) is 0.412. The maximum Gasteiger partial charge on any atom is 0.251 e. The van der Waals surface area contributed by atoms with E-state index in [2.05, 4.69) is 16.7 Å². The van der Waals surface area contributed by atoms with Gasteiger partial charge in [-0.1, -0.05) is 11.6 Å². The minimum absolute atomic E-state index is 0.00760. The standard InChI is InChI=1S/C17H20N2O2/c20-16-11-14-10-13(6-7-15(14)19-16)17(21)18-9-8-12-4-2-1-3-5-12/h4,6-7,10H,1-3,5,8-9,11H2,(H,18,21)(H,19,20). The first-order valence-corrected chi connectivity index (χ1v) is 7.61. The molecule has 1 aromatic rings. The van der Waals surface area contributed by atoms with E-state index in [0.29, 0.717) is 18.5 Å². The molecule has 1 aliphatic heterocycles. The van der Waals surface area contributed by atoms with Crippen LogP contribution < -0.4 is 10.6 Å². The molecule has 0 atom stereocenters. The molecule has 3 rings (SSSR count). The Hall–Kier alpha value is -2.10. The first-order chi connectivity index (χ1) is 10.2. The fourth-order valence-electron chi connectivity index (χ4n) is 2.94. The van der Waals surface area contributed by atoms with Crippen LogP contribution in [0.4, 0.5) is 5.69 Å². The third-order valence-corrected chi connectivity index (χ3v) is 4.11. The largest absolute Gasteiger partial charge is 0.352 e. The second kappa shape index (κ2) is 6.12. The molecule has 2 amide bonds. The van der Waals surface area contributed by atoms with Crippen LogP contribution in [0.25, 0.3) is 0 Å². The highest BCUT2D eigenvalue weighted by Crippen LogP contribution is 2.24. The maximum atomic E-state index is 12.1. The Labute approximate surface area is 124 Å². The van der Waals surface area contributed by atoms with Crippen LogP contribution in [0, 0.1) is 0 Å². The molecule has 110 valence electrons. The summed E-state index contributed by atoms with van der Waals surface area (Å²) in [5.74, 6) is -0.0691. The van der Waals surface area contributed by atoms with Gasteiger partial charge in [0.15, 0.2) is 0 Å². The summed E-state index contributed by atoms with van der Waals surface area (Å²) in [4.78, 5) is 23.4. The lowest BCUT2D eigenvalue weighted by Crippen LogP contribution is -2.25. The molecule has 0 radical (unpaired) electrons. The van der Waals surface area contributed by atoms with Gasteiger partial charge in [-0.15, -0.1) is 0 Å². The SMILES string of the molecule is O=C1Cc2cc(C(=O)NCCC3=CCCCC3)ccc2N1. The molecular formula is C17H20N2O2. The van der Waals surface area contributed by atoms with Crippen LogP contribution in [0.3, 0.4) is 0 Å². The lowest BCUT2D eigenvalue weighted by molar-refractivity contribution is -0.115. The zero-order valence-electron chi connectivity index (χ0n) is 12.1. The fourth-order valence-corrected chi connectivity index (χ4v) is 2.94. The predicted octanol–water partition coefficient (Wildman–Crippen LogP) is 2.80. The van der Waals surface area contributed by atoms with Crippen molar-refractivity contribution < 1.29 is 9.59 Å². The maximum absolute atomic E-state index is 12.1. The smallest absolute Gasteiger partial charge is 0.251 e. The van der Waals surface area contributed by atoms with E-state index in [1.165, 1.54) is 31.3 Å². The second-order valence-electron chi connectivity index (χ2n) is 5.71. The zero-order valence-corrected chi connectivity index (χ0v) is 12.1. The van der Waals surface area contributed by atoms with Gasteiger partial charge in [0.1, 0.15) is 0 Å². The first-order valence-electron chi connectivity index (χ1n) is 7.61. The molecule has 1 aliphatic carbocycles. The summed E-state index contributed by atoms with van der Waals surface area (Å²) in [6.45, 7) is 0.679. The van der Waals surface area contributed by atoms with Gasteiger partial charge in [0.05, 0.1) is 6.42 Å². The van der Waals surface area contributed by atoms with E-state index in [-0.39, 0.29) is 11.8 Å². The molecule has 4 nitrogen and oxygen atoms in total. The molecular weight excluding hydrogens is 264 g/mol. The number of hydrogen-bond acceptors (Lipinski definition) is 2. The zero-order chi connectivity index (χ0) is 14.7. The molecule has 1 heterocycles. The van der Waals surface area contributed by atoms with Crippen LogP contribution >= 0.6 is 0 Å². The van der Waals surface area contributed by atoms with Gasteiger partial charge in [-0.2, -0.15) is 0 Å². The summed E-state index contributed by atoms with van der Waals surface area (Å²) < 4.78 is 0. The molecule has 0 unspecified atom stereocenters. The molecule has 0 spiro atoms. The number of amides is 2. The summed E-state index contributed by atoms with van der Waals surface area (Å²) in [7, 11) is 0. The molecule has 1 aromatic carbocycles. The van der Waals surface area contributed by atoms with E-state index in [9.17, 15) is 9.59 Å². The van der Waals surface area contributed by atoms with Crippen molar-refractivity contribution in [1.29, 1.82) is 0 Å². The van der Waals surface area contributed by atoms with Crippen molar-refractivity contribution in [2.24, 2.45) is 0 Å². The van der Waals surface area contributed by atoms with Crippen molar-refractivity contribution in [3.05, 3.63) is 41.0 Å². The van der Waals surface area contributed by atoms with Crippen LogP contribution in [0.5, 0.6) is 0 Å². The van der Waals surface area contributed by atoms with E-state index in [1.807, 2.05) is 6.07 Å². The number of allylic oxidation sites excluding steroid dienone is 1. The Morgan fingerprint density at radius 1 is 1.29 bits per heavy atom. The van der Waals surface area contributed by atoms with Gasteiger partial charge < -0.3 is 10.6 Å². The minimum Gasteiger partial charge on any atom is -0.352 e. The van der Waals surface area contributed by atoms with Crippen LogP contribution in [-0.2, 0) is 11.2 Å². The van der Waals surface area contributed by atoms with E-state index in [1.54, 1.807) is 12.1 Å². The summed E-state index contributed by atoms with van der Waals surface area (Å²) >= 11 is 0. The molecule has 0 saturated heterocycles. The lowest BCUT2D eigenvalue weighted by Gasteiger charge is -2.13. The van der Waals surface area contributed by atoms with E-state index >= 15 is 0 Å². The number of fused-ring (bicyclic) bond motifs is 1. The first kappa shape index (κ1) is 13.9. The number of benzene rings is 1. The van der Waals surface area contributed by atoms with Crippen LogP contribution in [-0.4, -0.2) is 18.4 Å². The number of rotatable bonds is 4. The van der Waals surface area contributed by atoms with Crippen LogP contribution in [0.1, 0.15) is 48.0 Å². The number of carbonyl (C=O) groups is 2. The van der Waals surface area contributed by atoms with Crippen molar-refractivity contribution >= 4 is 17.5 Å². The highest BCUT2D eigenvalue weighted by Gasteiger charge is 2.19. The van der Waals surface area contributed by atoms with Crippen LogP contribution in [0.15, 0.2) is 29.8 Å². The molecule has 0 aromatic heterocycles. The van der Waals surface area contributed by atoms with Crippen molar-refractivity contribution in [3.63, 3.8) is 0 Å². The monoisotopic (exact) mass is 284 g/mol. The summed E-state index contributed by atoms with van der Waals surface area (Å²) in [6, 6.07) is 5.38. The van der Waals surface area contributed by atoms with E-state index in [0.717, 1.165) is 17.7 Å². The Kier molecular flexibility index (Phi) is 4.04. The second-order valence-corrected chi connectivity index (χ2v) is 5.71. The van der Waals surface area contributed by atoms with Gasteiger partial charge in [-0.05, 0) is 55.9 Å². The van der Waals surface area contributed by atoms with Gasteiger partial charge in [0.2, 0.25) is 5.91 Å². The van der Waals surface area contributed by atoms with Crippen molar-refractivity contribution in [2.45, 2.75) is 38.5 Å². The van der Waals surface area contributed by atoms with Gasteiger partial charge in [0.25, 0.3) is 5.91 Å². The van der Waals surface area contributed by atoms with Gasteiger partial charge in [-0.3, -0.25) is 9.59 Å². The number of nitrogens with one attached hydrogen (secondary N) is 2. The van der Waals surface area contributed by atoms with Crippen molar-refractivity contribution in [2.75, 3.05) is 11.9 Å². The molecule has 0 bridgehead atoms. The summed E-state index contributed by atoms with van der Waals surface area (Å²) in [5.41, 5.74) is 3.82. The average Bonchev–Trinajstić information content (AvgIpc) is 2.87. The predicted molar refractivity (Wildman–Crippen MR) is 82.3 cm³/mol. The van der Waals surface area contributed by atoms with Gasteiger partial charge in [-0.25, -0.2) is 0 Å². The van der Waals surface area contributed by atoms with Crippen molar-refractivity contribution in [3.8, 4) is 0 Å². The highest BCUT2D eigenvalue weighted by atomic mass is 16.2. The Bertz CT molecular complexity index is 605. The molecule has 2 N–H and O–H groups in total. The van der Waals surface area contributed by atoms with Gasteiger partial charge in [0, 0.05) is 17.8 Å². The highest BCUT2D eigenvalue weighted by molar-refractivity contribution is 6.01. The quantitative estimate of drug-likeness (QED) is 0.835. The summed E-state index contributed by atoms with van der Waals surface area (Å²) in [5, 5.41) is 5.74. The Morgan fingerprint density at radius 3 is 3.00 bits per heavy atom. The third-order valence-electron chi connectivity index (χ3n) is 4.11. The molecule has 4 heteroatoms. The normalized spacial score (nSPS) is 17.0. The Balaban J connectivity index is 1.55. The van der Waals surface area contributed by atoms with Crippen molar-refractivity contribution in [1.82, 2.24) is 5.32 Å². The lowest BCUT2D eigenvalue weighted by atomic mass is 9.97. The van der Waals surface area contributed by atoms with Crippen LogP contribution in [0.2, 0.25) is 0 Å². The molecule has 0 fully saturated rings. The Morgan fingerprint density at radius 2 is 2.19 bits per heavy atom. The average molecular weight is 284 g/mol. The third kappa shape index (κ3) is 3.32. The minimum atomic E-state index is -0.0615. The van der Waals surface area contributed by atoms with E-state index < -0.39 is 0 Å². The number of carbonyl (C=O) groups excluding carboxylic acids is 2. The van der Waals surface area contributed by atoms with Gasteiger partial charge >= 0.3 is 0 Å². The number of anilines is 1. The summed E-state index contributed by atoms with van der Waals surface area (Å²) in [6.07, 6.45) is 8.52. The molecule has 0 saturated carbocycles. The molecule has 21 heavy (non-hydrogen) atoms. The topological polar surface area (TPSA) is 58.2 Å².